The van der Waals surface area contributed by atoms with Gasteiger partial charge in [-0.3, -0.25) is 14.5 Å². The van der Waals surface area contributed by atoms with E-state index in [0.717, 1.165) is 18.8 Å². The molecule has 136 valence electrons. The average Bonchev–Trinajstić information content (AvgIpc) is 3.14. The quantitative estimate of drug-likeness (QED) is 0.814. The number of rotatable bonds is 3. The second-order valence-corrected chi connectivity index (χ2v) is 7.12. The Labute approximate surface area is 152 Å². The Morgan fingerprint density at radius 2 is 2.08 bits per heavy atom. The Morgan fingerprint density at radius 3 is 2.85 bits per heavy atom. The third-order valence-electron chi connectivity index (χ3n) is 5.20. The summed E-state index contributed by atoms with van der Waals surface area (Å²) in [5.74, 6) is 0.0791. The van der Waals surface area contributed by atoms with Crippen molar-refractivity contribution < 1.29 is 9.59 Å². The Kier molecular flexibility index (Phi) is 4.24. The molecule has 7 heteroatoms. The van der Waals surface area contributed by atoms with Crippen LogP contribution in [0.15, 0.2) is 36.7 Å². The molecular formula is C19H23N5O2. The summed E-state index contributed by atoms with van der Waals surface area (Å²) in [7, 11) is 1.70. The number of benzene rings is 1. The van der Waals surface area contributed by atoms with E-state index in [1.807, 2.05) is 16.9 Å². The van der Waals surface area contributed by atoms with Crippen molar-refractivity contribution in [3.63, 3.8) is 0 Å². The van der Waals surface area contributed by atoms with Gasteiger partial charge in [0.2, 0.25) is 11.8 Å². The minimum atomic E-state index is -0.368. The highest BCUT2D eigenvalue weighted by Crippen LogP contribution is 2.22. The van der Waals surface area contributed by atoms with Gasteiger partial charge in [-0.25, -0.2) is 4.68 Å². The predicted molar refractivity (Wildman–Crippen MR) is 96.7 cm³/mol. The maximum absolute atomic E-state index is 12.5. The number of piperazine rings is 2. The standard InChI is InChI=1S/C19H23N5O2/c1-14-4-5-16(24-7-3-6-20-24)15(10-14)11-22-8-9-23-17(12-22)19(26)21(2)13-18(23)25/h3-7,10,17H,8-9,11-13H2,1-2H3/t17-/m0/s1. The Morgan fingerprint density at radius 1 is 1.23 bits per heavy atom. The molecular weight excluding hydrogens is 330 g/mol. The number of aryl methyl sites for hydroxylation is 1. The monoisotopic (exact) mass is 353 g/mol. The first-order valence-corrected chi connectivity index (χ1v) is 8.89. The van der Waals surface area contributed by atoms with E-state index >= 15 is 0 Å². The fourth-order valence-corrected chi connectivity index (χ4v) is 3.84. The lowest BCUT2D eigenvalue weighted by Crippen LogP contribution is -2.65. The molecule has 0 bridgehead atoms. The van der Waals surface area contributed by atoms with Gasteiger partial charge in [-0.1, -0.05) is 17.7 Å². The molecule has 0 aliphatic carbocycles. The Hall–Kier alpha value is -2.67. The number of nitrogens with zero attached hydrogens (tertiary/aromatic N) is 5. The van der Waals surface area contributed by atoms with Crippen molar-refractivity contribution in [3.05, 3.63) is 47.8 Å². The zero-order chi connectivity index (χ0) is 18.3. The van der Waals surface area contributed by atoms with Crippen LogP contribution in [0, 0.1) is 6.92 Å². The van der Waals surface area contributed by atoms with Crippen LogP contribution >= 0.6 is 0 Å². The predicted octanol–water partition coefficient (Wildman–Crippen LogP) is 0.666. The Balaban J connectivity index is 1.56. The molecule has 2 fully saturated rings. The summed E-state index contributed by atoms with van der Waals surface area (Å²) in [5.41, 5.74) is 3.41. The lowest BCUT2D eigenvalue weighted by atomic mass is 10.0. The smallest absolute Gasteiger partial charge is 0.246 e. The summed E-state index contributed by atoms with van der Waals surface area (Å²) in [5, 5.41) is 4.35. The molecule has 2 aliphatic heterocycles. The molecule has 1 aromatic heterocycles. The van der Waals surface area contributed by atoms with Crippen LogP contribution in [0.2, 0.25) is 0 Å². The van der Waals surface area contributed by atoms with Crippen LogP contribution in [0.3, 0.4) is 0 Å². The summed E-state index contributed by atoms with van der Waals surface area (Å²) >= 11 is 0. The van der Waals surface area contributed by atoms with E-state index in [-0.39, 0.29) is 24.4 Å². The van der Waals surface area contributed by atoms with Gasteiger partial charge < -0.3 is 9.80 Å². The number of aromatic nitrogens is 2. The SMILES string of the molecule is Cc1ccc(-n2cccn2)c(CN2CCN3C(=O)CN(C)C(=O)[C@@H]3C2)c1. The van der Waals surface area contributed by atoms with Crippen LogP contribution in [0.25, 0.3) is 5.69 Å². The van der Waals surface area contributed by atoms with E-state index in [4.69, 9.17) is 0 Å². The van der Waals surface area contributed by atoms with E-state index in [9.17, 15) is 9.59 Å². The maximum atomic E-state index is 12.5. The molecule has 4 rings (SSSR count). The maximum Gasteiger partial charge on any atom is 0.246 e. The number of fused-ring (bicyclic) bond motifs is 1. The molecule has 0 spiro atoms. The molecule has 26 heavy (non-hydrogen) atoms. The van der Waals surface area contributed by atoms with Crippen LogP contribution in [0.4, 0.5) is 0 Å². The fourth-order valence-electron chi connectivity index (χ4n) is 3.84. The molecule has 3 heterocycles. The van der Waals surface area contributed by atoms with Crippen LogP contribution in [0.1, 0.15) is 11.1 Å². The first-order chi connectivity index (χ1) is 12.5. The van der Waals surface area contributed by atoms with Gasteiger partial charge in [-0.05, 0) is 24.6 Å². The third kappa shape index (κ3) is 2.99. The molecule has 1 atom stereocenters. The minimum absolute atomic E-state index is 0.0332. The van der Waals surface area contributed by atoms with E-state index in [1.54, 1.807) is 18.1 Å². The highest BCUT2D eigenvalue weighted by molar-refractivity contribution is 5.95. The lowest BCUT2D eigenvalue weighted by molar-refractivity contribution is -0.158. The zero-order valence-electron chi connectivity index (χ0n) is 15.1. The number of hydrogen-bond acceptors (Lipinski definition) is 4. The number of hydrogen-bond donors (Lipinski definition) is 0. The van der Waals surface area contributed by atoms with E-state index in [1.165, 1.54) is 16.0 Å². The average molecular weight is 353 g/mol. The normalized spacial score (nSPS) is 21.2. The first kappa shape index (κ1) is 16.8. The van der Waals surface area contributed by atoms with Crippen molar-refractivity contribution in [1.29, 1.82) is 0 Å². The van der Waals surface area contributed by atoms with Crippen molar-refractivity contribution in [2.75, 3.05) is 33.2 Å². The van der Waals surface area contributed by atoms with Crippen molar-refractivity contribution in [2.24, 2.45) is 0 Å². The third-order valence-corrected chi connectivity index (χ3v) is 5.20. The topological polar surface area (TPSA) is 61.7 Å². The largest absolute Gasteiger partial charge is 0.335 e. The van der Waals surface area contributed by atoms with Crippen molar-refractivity contribution in [3.8, 4) is 5.69 Å². The molecule has 2 amide bonds. The summed E-state index contributed by atoms with van der Waals surface area (Å²) in [4.78, 5) is 30.2. The summed E-state index contributed by atoms with van der Waals surface area (Å²) in [6.07, 6.45) is 3.70. The molecule has 0 unspecified atom stereocenters. The lowest BCUT2D eigenvalue weighted by Gasteiger charge is -2.45. The van der Waals surface area contributed by atoms with Crippen molar-refractivity contribution in [2.45, 2.75) is 19.5 Å². The van der Waals surface area contributed by atoms with E-state index < -0.39 is 0 Å². The summed E-state index contributed by atoms with van der Waals surface area (Å²) < 4.78 is 1.87. The molecule has 2 aliphatic rings. The molecule has 0 saturated carbocycles. The van der Waals surface area contributed by atoms with Gasteiger partial charge in [0.1, 0.15) is 6.04 Å². The number of amides is 2. The fraction of sp³-hybridized carbons (Fsp3) is 0.421. The van der Waals surface area contributed by atoms with E-state index in [0.29, 0.717) is 13.1 Å². The first-order valence-electron chi connectivity index (χ1n) is 8.89. The molecule has 7 nitrogen and oxygen atoms in total. The van der Waals surface area contributed by atoms with Crippen molar-refractivity contribution in [1.82, 2.24) is 24.5 Å². The summed E-state index contributed by atoms with van der Waals surface area (Å²) in [6, 6.07) is 7.87. The van der Waals surface area contributed by atoms with Gasteiger partial charge in [0, 0.05) is 45.6 Å². The van der Waals surface area contributed by atoms with Crippen LogP contribution in [-0.2, 0) is 16.1 Å². The van der Waals surface area contributed by atoms with Gasteiger partial charge in [-0.15, -0.1) is 0 Å². The number of carbonyl (C=O) groups excluding carboxylic acids is 2. The highest BCUT2D eigenvalue weighted by atomic mass is 16.2. The Bertz CT molecular complexity index is 832. The summed E-state index contributed by atoms with van der Waals surface area (Å²) in [6.45, 7) is 4.94. The molecule has 0 radical (unpaired) electrons. The number of likely N-dealkylation sites (N-methyl/N-ethyl adjacent to an activating group) is 1. The molecule has 1 aromatic carbocycles. The van der Waals surface area contributed by atoms with Gasteiger partial charge in [0.15, 0.2) is 0 Å². The van der Waals surface area contributed by atoms with Crippen LogP contribution < -0.4 is 0 Å². The van der Waals surface area contributed by atoms with Crippen molar-refractivity contribution >= 4 is 11.8 Å². The molecule has 2 saturated heterocycles. The van der Waals surface area contributed by atoms with Gasteiger partial charge in [-0.2, -0.15) is 5.10 Å². The number of carbonyl (C=O) groups is 2. The molecule has 2 aromatic rings. The van der Waals surface area contributed by atoms with Gasteiger partial charge in [0.05, 0.1) is 12.2 Å². The molecule has 0 N–H and O–H groups in total. The zero-order valence-corrected chi connectivity index (χ0v) is 15.1. The van der Waals surface area contributed by atoms with E-state index in [2.05, 4.69) is 35.1 Å². The van der Waals surface area contributed by atoms with Crippen LogP contribution in [0.5, 0.6) is 0 Å². The van der Waals surface area contributed by atoms with Gasteiger partial charge >= 0.3 is 0 Å². The van der Waals surface area contributed by atoms with Gasteiger partial charge in [0.25, 0.3) is 0 Å². The highest BCUT2D eigenvalue weighted by Gasteiger charge is 2.41. The second-order valence-electron chi connectivity index (χ2n) is 7.12. The minimum Gasteiger partial charge on any atom is -0.335 e. The van der Waals surface area contributed by atoms with Crippen LogP contribution in [-0.4, -0.2) is 75.6 Å². The second kappa shape index (κ2) is 6.57.